The zero-order valence-corrected chi connectivity index (χ0v) is 11.5. The van der Waals surface area contributed by atoms with Crippen LogP contribution < -0.4 is 11.3 Å². The number of halogens is 3. The van der Waals surface area contributed by atoms with Crippen LogP contribution in [0, 0.1) is 5.82 Å². The smallest absolute Gasteiger partial charge is 0.123 e. The first-order valence-corrected chi connectivity index (χ1v) is 6.51. The second-order valence-electron chi connectivity index (χ2n) is 4.22. The number of nitrogens with two attached hydrogens (primary N) is 1. The Bertz CT molecular complexity index is 558. The molecular formula is C14H13Cl2FN2. The van der Waals surface area contributed by atoms with Gasteiger partial charge in [0, 0.05) is 0 Å². The molecule has 2 aromatic carbocycles. The third-order valence-electron chi connectivity index (χ3n) is 2.90. The van der Waals surface area contributed by atoms with Gasteiger partial charge in [0.05, 0.1) is 16.1 Å². The van der Waals surface area contributed by atoms with Crippen molar-refractivity contribution in [3.8, 4) is 0 Å². The van der Waals surface area contributed by atoms with Gasteiger partial charge in [-0.2, -0.15) is 0 Å². The van der Waals surface area contributed by atoms with Gasteiger partial charge in [-0.05, 0) is 41.8 Å². The molecule has 3 N–H and O–H groups in total. The van der Waals surface area contributed by atoms with E-state index in [-0.39, 0.29) is 11.9 Å². The zero-order valence-electron chi connectivity index (χ0n) is 10.0. The maximum absolute atomic E-state index is 12.9. The Balaban J connectivity index is 2.19. The number of rotatable bonds is 4. The summed E-state index contributed by atoms with van der Waals surface area (Å²) in [5.74, 6) is 5.32. The molecule has 0 aliphatic heterocycles. The molecule has 0 fully saturated rings. The number of hydrazine groups is 1. The molecule has 19 heavy (non-hydrogen) atoms. The molecule has 2 rings (SSSR count). The van der Waals surface area contributed by atoms with Crippen molar-refractivity contribution in [3.63, 3.8) is 0 Å². The summed E-state index contributed by atoms with van der Waals surface area (Å²) in [5, 5.41) is 0.987. The molecule has 5 heteroatoms. The molecule has 0 radical (unpaired) electrons. The Morgan fingerprint density at radius 1 is 1.05 bits per heavy atom. The largest absolute Gasteiger partial charge is 0.271 e. The first kappa shape index (κ1) is 14.3. The van der Waals surface area contributed by atoms with Crippen LogP contribution >= 0.6 is 23.2 Å². The van der Waals surface area contributed by atoms with E-state index in [0.29, 0.717) is 16.5 Å². The van der Waals surface area contributed by atoms with E-state index >= 15 is 0 Å². The lowest BCUT2D eigenvalue weighted by Gasteiger charge is -2.17. The highest BCUT2D eigenvalue weighted by Gasteiger charge is 2.12. The monoisotopic (exact) mass is 298 g/mol. The summed E-state index contributed by atoms with van der Waals surface area (Å²) in [6.07, 6.45) is 0.634. The second kappa shape index (κ2) is 6.35. The fourth-order valence-corrected chi connectivity index (χ4v) is 2.16. The SMILES string of the molecule is NNC(Cc1ccc(F)cc1)c1ccc(Cl)c(Cl)c1. The summed E-state index contributed by atoms with van der Waals surface area (Å²) in [6.45, 7) is 0. The molecular weight excluding hydrogens is 286 g/mol. The van der Waals surface area contributed by atoms with Crippen molar-refractivity contribution in [2.75, 3.05) is 0 Å². The second-order valence-corrected chi connectivity index (χ2v) is 5.04. The van der Waals surface area contributed by atoms with Gasteiger partial charge in [-0.1, -0.05) is 41.4 Å². The molecule has 0 saturated carbocycles. The van der Waals surface area contributed by atoms with E-state index in [1.54, 1.807) is 24.3 Å². The van der Waals surface area contributed by atoms with E-state index < -0.39 is 0 Å². The summed E-state index contributed by atoms with van der Waals surface area (Å²) in [7, 11) is 0. The van der Waals surface area contributed by atoms with Crippen LogP contribution in [-0.2, 0) is 6.42 Å². The first-order valence-electron chi connectivity index (χ1n) is 5.75. The molecule has 0 heterocycles. The molecule has 1 atom stereocenters. The van der Waals surface area contributed by atoms with Gasteiger partial charge in [0.2, 0.25) is 0 Å². The number of benzene rings is 2. The van der Waals surface area contributed by atoms with Crippen molar-refractivity contribution in [2.45, 2.75) is 12.5 Å². The molecule has 0 aliphatic rings. The molecule has 2 nitrogen and oxygen atoms in total. The van der Waals surface area contributed by atoms with Gasteiger partial charge in [0.25, 0.3) is 0 Å². The van der Waals surface area contributed by atoms with E-state index in [1.807, 2.05) is 6.07 Å². The van der Waals surface area contributed by atoms with Crippen molar-refractivity contribution in [3.05, 3.63) is 69.5 Å². The number of hydrogen-bond donors (Lipinski definition) is 2. The summed E-state index contributed by atoms with van der Waals surface area (Å²) < 4.78 is 12.9. The third kappa shape index (κ3) is 3.67. The zero-order chi connectivity index (χ0) is 13.8. The maximum atomic E-state index is 12.9. The van der Waals surface area contributed by atoms with Gasteiger partial charge in [-0.25, -0.2) is 4.39 Å². The predicted octanol–water partition coefficient (Wildman–Crippen LogP) is 3.88. The fraction of sp³-hybridized carbons (Fsp3) is 0.143. The third-order valence-corrected chi connectivity index (χ3v) is 3.64. The minimum Gasteiger partial charge on any atom is -0.271 e. The molecule has 0 spiro atoms. The van der Waals surface area contributed by atoms with Crippen LogP contribution in [0.1, 0.15) is 17.2 Å². The van der Waals surface area contributed by atoms with E-state index in [9.17, 15) is 4.39 Å². The van der Waals surface area contributed by atoms with E-state index in [4.69, 9.17) is 29.0 Å². The maximum Gasteiger partial charge on any atom is 0.123 e. The van der Waals surface area contributed by atoms with Gasteiger partial charge in [0.15, 0.2) is 0 Å². The van der Waals surface area contributed by atoms with Gasteiger partial charge in [0.1, 0.15) is 5.82 Å². The Hall–Kier alpha value is -1.13. The molecule has 0 saturated heterocycles. The Morgan fingerprint density at radius 3 is 2.32 bits per heavy atom. The van der Waals surface area contributed by atoms with Crippen molar-refractivity contribution < 1.29 is 4.39 Å². The van der Waals surface area contributed by atoms with E-state index in [2.05, 4.69) is 5.43 Å². The average Bonchev–Trinajstić information content (AvgIpc) is 2.41. The van der Waals surface area contributed by atoms with Crippen molar-refractivity contribution in [2.24, 2.45) is 5.84 Å². The predicted molar refractivity (Wildman–Crippen MR) is 76.6 cm³/mol. The molecule has 100 valence electrons. The lowest BCUT2D eigenvalue weighted by atomic mass is 9.99. The number of nitrogens with one attached hydrogen (secondary N) is 1. The summed E-state index contributed by atoms with van der Waals surface area (Å²) in [4.78, 5) is 0. The van der Waals surface area contributed by atoms with Crippen LogP contribution in [0.3, 0.4) is 0 Å². The molecule has 0 aromatic heterocycles. The molecule has 0 bridgehead atoms. The van der Waals surface area contributed by atoms with Gasteiger partial charge < -0.3 is 0 Å². The van der Waals surface area contributed by atoms with Crippen molar-refractivity contribution in [1.82, 2.24) is 5.43 Å². The Kier molecular flexibility index (Phi) is 4.77. The fourth-order valence-electron chi connectivity index (χ4n) is 1.86. The summed E-state index contributed by atoms with van der Waals surface area (Å²) >= 11 is 11.9. The van der Waals surface area contributed by atoms with E-state index in [0.717, 1.165) is 11.1 Å². The van der Waals surface area contributed by atoms with Crippen LogP contribution in [-0.4, -0.2) is 0 Å². The molecule has 0 aliphatic carbocycles. The van der Waals surface area contributed by atoms with Gasteiger partial charge >= 0.3 is 0 Å². The Labute approximate surface area is 121 Å². The van der Waals surface area contributed by atoms with Crippen LogP contribution in [0.2, 0.25) is 10.0 Å². The highest BCUT2D eigenvalue weighted by molar-refractivity contribution is 6.42. The summed E-state index contributed by atoms with van der Waals surface area (Å²) in [6, 6.07) is 11.6. The molecule has 1 unspecified atom stereocenters. The highest BCUT2D eigenvalue weighted by Crippen LogP contribution is 2.27. The van der Waals surface area contributed by atoms with Crippen LogP contribution in [0.25, 0.3) is 0 Å². The van der Waals surface area contributed by atoms with Gasteiger partial charge in [-0.15, -0.1) is 0 Å². The van der Waals surface area contributed by atoms with Crippen LogP contribution in [0.4, 0.5) is 4.39 Å². The average molecular weight is 299 g/mol. The standard InChI is InChI=1S/C14H13Cl2FN2/c15-12-6-3-10(8-13(12)16)14(19-18)7-9-1-4-11(17)5-2-9/h1-6,8,14,19H,7,18H2. The lowest BCUT2D eigenvalue weighted by Crippen LogP contribution is -2.29. The van der Waals surface area contributed by atoms with Crippen LogP contribution in [0.15, 0.2) is 42.5 Å². The molecule has 2 aromatic rings. The highest BCUT2D eigenvalue weighted by atomic mass is 35.5. The van der Waals surface area contributed by atoms with Crippen molar-refractivity contribution >= 4 is 23.2 Å². The molecule has 0 amide bonds. The quantitative estimate of drug-likeness (QED) is 0.664. The van der Waals surface area contributed by atoms with E-state index in [1.165, 1.54) is 12.1 Å². The number of hydrogen-bond acceptors (Lipinski definition) is 2. The lowest BCUT2D eigenvalue weighted by molar-refractivity contribution is 0.551. The van der Waals surface area contributed by atoms with Gasteiger partial charge in [-0.3, -0.25) is 11.3 Å². The summed E-state index contributed by atoms with van der Waals surface area (Å²) in [5.41, 5.74) is 4.65. The normalized spacial score (nSPS) is 12.4. The van der Waals surface area contributed by atoms with Crippen LogP contribution in [0.5, 0.6) is 0 Å². The Morgan fingerprint density at radius 2 is 1.74 bits per heavy atom. The first-order chi connectivity index (χ1) is 9.10. The van der Waals surface area contributed by atoms with Crippen molar-refractivity contribution in [1.29, 1.82) is 0 Å². The minimum atomic E-state index is -0.254. The minimum absolute atomic E-state index is 0.111. The topological polar surface area (TPSA) is 38.0 Å².